The summed E-state index contributed by atoms with van der Waals surface area (Å²) in [5, 5.41) is 0.459. The van der Waals surface area contributed by atoms with Gasteiger partial charge in [0.05, 0.1) is 12.1 Å². The molecule has 0 aliphatic heterocycles. The highest BCUT2D eigenvalue weighted by molar-refractivity contribution is 6.31. The van der Waals surface area contributed by atoms with E-state index in [1.165, 1.54) is 0 Å². The predicted molar refractivity (Wildman–Crippen MR) is 99.8 cm³/mol. The first-order valence-corrected chi connectivity index (χ1v) is 8.48. The Labute approximate surface area is 153 Å². The zero-order valence-electron chi connectivity index (χ0n) is 13.9. The van der Waals surface area contributed by atoms with Crippen molar-refractivity contribution in [3.8, 4) is 11.1 Å². The van der Waals surface area contributed by atoms with Crippen molar-refractivity contribution >= 4 is 34.2 Å². The van der Waals surface area contributed by atoms with Crippen LogP contribution in [0.1, 0.15) is 17.3 Å². The molecule has 2 aromatic heterocycles. The first kappa shape index (κ1) is 16.4. The van der Waals surface area contributed by atoms with Gasteiger partial charge in [0.2, 0.25) is 0 Å². The summed E-state index contributed by atoms with van der Waals surface area (Å²) in [6.45, 7) is 1.93. The number of ether oxygens (including phenoxy) is 1. The van der Waals surface area contributed by atoms with Crippen LogP contribution in [0.3, 0.4) is 0 Å². The largest absolute Gasteiger partial charge is 0.462 e. The number of nitrogens with zero attached hydrogens (tertiary/aromatic N) is 1. The molecular formula is C20H14ClNO4. The van der Waals surface area contributed by atoms with Gasteiger partial charge in [-0.1, -0.05) is 41.9 Å². The van der Waals surface area contributed by atoms with Gasteiger partial charge in [0.15, 0.2) is 5.58 Å². The summed E-state index contributed by atoms with van der Waals surface area (Å²) in [6.07, 6.45) is 1.75. The monoisotopic (exact) mass is 367 g/mol. The summed E-state index contributed by atoms with van der Waals surface area (Å²) < 4.78 is 12.3. The lowest BCUT2D eigenvalue weighted by Gasteiger charge is -2.05. The van der Waals surface area contributed by atoms with E-state index in [0.717, 1.165) is 5.56 Å². The number of carbonyl (C=O) groups excluding carboxylic acids is 1. The summed E-state index contributed by atoms with van der Waals surface area (Å²) in [5.41, 5.74) is 2.13. The molecule has 0 atom stereocenters. The average Bonchev–Trinajstić information content (AvgIpc) is 3.04. The van der Waals surface area contributed by atoms with Gasteiger partial charge in [0.1, 0.15) is 11.1 Å². The zero-order valence-corrected chi connectivity index (χ0v) is 14.6. The Morgan fingerprint density at radius 2 is 1.96 bits per heavy atom. The third-order valence-electron chi connectivity index (χ3n) is 4.15. The van der Waals surface area contributed by atoms with Crippen LogP contribution in [0.4, 0.5) is 0 Å². The molecule has 0 unspecified atom stereocenters. The van der Waals surface area contributed by atoms with Gasteiger partial charge in [0, 0.05) is 22.8 Å². The fourth-order valence-electron chi connectivity index (χ4n) is 3.06. The van der Waals surface area contributed by atoms with Gasteiger partial charge in [-0.2, -0.15) is 0 Å². The van der Waals surface area contributed by atoms with Crippen LogP contribution in [-0.2, 0) is 4.74 Å². The van der Waals surface area contributed by atoms with E-state index < -0.39 is 11.6 Å². The number of hydrogen-bond acceptors (Lipinski definition) is 4. The van der Waals surface area contributed by atoms with Crippen LogP contribution in [0.15, 0.2) is 63.9 Å². The van der Waals surface area contributed by atoms with Crippen molar-refractivity contribution in [2.45, 2.75) is 6.92 Å². The molecule has 0 amide bonds. The van der Waals surface area contributed by atoms with Crippen molar-refractivity contribution < 1.29 is 13.9 Å². The van der Waals surface area contributed by atoms with Crippen LogP contribution in [-0.4, -0.2) is 17.0 Å². The minimum absolute atomic E-state index is 0.150. The maximum atomic E-state index is 12.6. The molecule has 26 heavy (non-hydrogen) atoms. The molecule has 0 spiro atoms. The van der Waals surface area contributed by atoms with Crippen LogP contribution in [0, 0.1) is 0 Å². The number of hydrogen-bond donors (Lipinski definition) is 0. The van der Waals surface area contributed by atoms with Gasteiger partial charge in [-0.15, -0.1) is 0 Å². The van der Waals surface area contributed by atoms with Gasteiger partial charge < -0.3 is 13.6 Å². The molecule has 0 aliphatic carbocycles. The van der Waals surface area contributed by atoms with E-state index >= 15 is 0 Å². The molecule has 0 N–H and O–H groups in total. The second-order valence-electron chi connectivity index (χ2n) is 5.72. The van der Waals surface area contributed by atoms with Crippen molar-refractivity contribution in [2.24, 2.45) is 0 Å². The summed E-state index contributed by atoms with van der Waals surface area (Å²) in [5.74, 6) is -0.561. The number of carbonyl (C=O) groups is 1. The van der Waals surface area contributed by atoms with E-state index in [0.29, 0.717) is 21.7 Å². The third-order valence-corrected chi connectivity index (χ3v) is 4.38. The van der Waals surface area contributed by atoms with Crippen molar-refractivity contribution in [2.75, 3.05) is 6.61 Å². The maximum absolute atomic E-state index is 12.6. The Bertz CT molecular complexity index is 1190. The predicted octanol–water partition coefficient (Wildman–Crippen LogP) is 4.54. The minimum Gasteiger partial charge on any atom is -0.462 e. The summed E-state index contributed by atoms with van der Waals surface area (Å²) in [7, 11) is 0. The quantitative estimate of drug-likeness (QED) is 0.499. The lowest BCUT2D eigenvalue weighted by molar-refractivity contribution is 0.0529. The Morgan fingerprint density at radius 3 is 2.69 bits per heavy atom. The molecule has 130 valence electrons. The number of halogens is 1. The molecule has 5 nitrogen and oxygen atoms in total. The summed E-state index contributed by atoms with van der Waals surface area (Å²) >= 11 is 6.00. The maximum Gasteiger partial charge on any atom is 0.361 e. The van der Waals surface area contributed by atoms with Crippen LogP contribution < -0.4 is 5.63 Å². The molecule has 0 aliphatic rings. The normalized spacial score (nSPS) is 11.2. The first-order chi connectivity index (χ1) is 12.6. The smallest absolute Gasteiger partial charge is 0.361 e. The molecule has 2 aromatic carbocycles. The molecule has 0 saturated carbocycles. The van der Waals surface area contributed by atoms with Gasteiger partial charge in [-0.25, -0.2) is 9.59 Å². The van der Waals surface area contributed by atoms with Crippen LogP contribution >= 0.6 is 11.6 Å². The second-order valence-corrected chi connectivity index (χ2v) is 6.16. The van der Waals surface area contributed by atoms with Gasteiger partial charge in [-0.3, -0.25) is 0 Å². The lowest BCUT2D eigenvalue weighted by Crippen LogP contribution is -2.11. The number of aromatic nitrogens is 1. The minimum atomic E-state index is -0.620. The van der Waals surface area contributed by atoms with Crippen molar-refractivity contribution in [1.29, 1.82) is 0 Å². The number of fused-ring (bicyclic) bond motifs is 3. The number of esters is 1. The van der Waals surface area contributed by atoms with E-state index in [2.05, 4.69) is 0 Å². The molecule has 0 radical (unpaired) electrons. The van der Waals surface area contributed by atoms with Crippen molar-refractivity contribution in [1.82, 2.24) is 4.40 Å². The van der Waals surface area contributed by atoms with Gasteiger partial charge in [0.25, 0.3) is 0 Å². The van der Waals surface area contributed by atoms with E-state index in [4.69, 9.17) is 20.8 Å². The van der Waals surface area contributed by atoms with E-state index in [1.807, 2.05) is 30.3 Å². The fourth-order valence-corrected chi connectivity index (χ4v) is 3.22. The fraction of sp³-hybridized carbons (Fsp3) is 0.100. The first-order valence-electron chi connectivity index (χ1n) is 8.10. The Hall–Kier alpha value is -3.05. The number of benzene rings is 2. The molecule has 0 saturated heterocycles. The molecule has 4 rings (SSSR count). The molecule has 0 bridgehead atoms. The Kier molecular flexibility index (Phi) is 4.01. The molecule has 6 heteroatoms. The third kappa shape index (κ3) is 2.57. The van der Waals surface area contributed by atoms with E-state index in [9.17, 15) is 9.59 Å². The topological polar surface area (TPSA) is 60.9 Å². The molecule has 4 aromatic rings. The van der Waals surface area contributed by atoms with E-state index in [-0.39, 0.29) is 17.7 Å². The summed E-state index contributed by atoms with van der Waals surface area (Å²) in [6, 6.07) is 14.4. The molecule has 2 heterocycles. The van der Waals surface area contributed by atoms with Crippen molar-refractivity contribution in [3.63, 3.8) is 0 Å². The van der Waals surface area contributed by atoms with Gasteiger partial charge >= 0.3 is 11.6 Å². The lowest BCUT2D eigenvalue weighted by atomic mass is 10.0. The molecular weight excluding hydrogens is 354 g/mol. The average molecular weight is 368 g/mol. The molecule has 0 fully saturated rings. The highest BCUT2D eigenvalue weighted by Gasteiger charge is 2.24. The SMILES string of the molecule is CCOC(=O)c1c(-c2ccccc2)cn2c1c(=O)oc1cc(Cl)ccc12. The van der Waals surface area contributed by atoms with E-state index in [1.54, 1.807) is 35.7 Å². The second kappa shape index (κ2) is 6.35. The number of rotatable bonds is 3. The Balaban J connectivity index is 2.15. The standard InChI is InChI=1S/C20H14ClNO4/c1-2-25-19(23)17-14(12-6-4-3-5-7-12)11-22-15-9-8-13(21)10-16(15)26-20(24)18(17)22/h3-11H,2H2,1H3. The highest BCUT2D eigenvalue weighted by Crippen LogP contribution is 2.31. The van der Waals surface area contributed by atoms with Crippen molar-refractivity contribution in [3.05, 3.63) is 75.7 Å². The Morgan fingerprint density at radius 1 is 1.19 bits per heavy atom. The van der Waals surface area contributed by atoms with Crippen LogP contribution in [0.25, 0.3) is 27.7 Å². The zero-order chi connectivity index (χ0) is 18.3. The summed E-state index contributed by atoms with van der Waals surface area (Å²) in [4.78, 5) is 25.3. The van der Waals surface area contributed by atoms with Crippen LogP contribution in [0.5, 0.6) is 0 Å². The van der Waals surface area contributed by atoms with Gasteiger partial charge in [-0.05, 0) is 24.6 Å². The van der Waals surface area contributed by atoms with Crippen LogP contribution in [0.2, 0.25) is 5.02 Å². The highest BCUT2D eigenvalue weighted by atomic mass is 35.5.